The van der Waals surface area contributed by atoms with E-state index in [4.69, 9.17) is 17.3 Å². The Morgan fingerprint density at radius 2 is 2.00 bits per heavy atom. The van der Waals surface area contributed by atoms with Crippen LogP contribution in [0.25, 0.3) is 10.8 Å². The Morgan fingerprint density at radius 1 is 1.14 bits per heavy atom. The Balaban J connectivity index is 2.56. The zero-order chi connectivity index (χ0) is 9.97. The highest BCUT2D eigenvalue weighted by atomic mass is 35.5. The second-order valence-corrected chi connectivity index (χ2v) is 3.74. The van der Waals surface area contributed by atoms with Gasteiger partial charge in [-0.2, -0.15) is 0 Å². The molecule has 2 heteroatoms. The van der Waals surface area contributed by atoms with Crippen LogP contribution in [0.15, 0.2) is 36.4 Å². The summed E-state index contributed by atoms with van der Waals surface area (Å²) in [6.07, 6.45) is 0.919. The SMILES string of the molecule is NCCc1ccc2c(Cl)cccc2c1. The smallest absolute Gasteiger partial charge is 0.0484 e. The molecule has 2 aromatic carbocycles. The van der Waals surface area contributed by atoms with E-state index in [0.717, 1.165) is 16.8 Å². The molecule has 0 aliphatic carbocycles. The number of nitrogens with two attached hydrogens (primary N) is 1. The molecule has 0 radical (unpaired) electrons. The normalized spacial score (nSPS) is 10.7. The van der Waals surface area contributed by atoms with Crippen LogP contribution in [0.1, 0.15) is 5.56 Å². The van der Waals surface area contributed by atoms with E-state index in [1.807, 2.05) is 12.1 Å². The van der Waals surface area contributed by atoms with Gasteiger partial charge in [0.15, 0.2) is 0 Å². The van der Waals surface area contributed by atoms with Gasteiger partial charge in [-0.1, -0.05) is 41.9 Å². The lowest BCUT2D eigenvalue weighted by Crippen LogP contribution is -2.02. The summed E-state index contributed by atoms with van der Waals surface area (Å²) in [5.74, 6) is 0. The molecule has 0 saturated heterocycles. The summed E-state index contributed by atoms with van der Waals surface area (Å²) in [5, 5.41) is 3.10. The molecule has 2 N–H and O–H groups in total. The lowest BCUT2D eigenvalue weighted by atomic mass is 10.1. The summed E-state index contributed by atoms with van der Waals surface area (Å²) in [5.41, 5.74) is 6.77. The lowest BCUT2D eigenvalue weighted by Gasteiger charge is -2.03. The standard InChI is InChI=1S/C12H12ClN/c13-12-3-1-2-10-8-9(6-7-14)4-5-11(10)12/h1-5,8H,6-7,14H2. The van der Waals surface area contributed by atoms with E-state index in [2.05, 4.69) is 24.3 Å². The van der Waals surface area contributed by atoms with Crippen molar-refractivity contribution in [2.45, 2.75) is 6.42 Å². The van der Waals surface area contributed by atoms with Gasteiger partial charge in [-0.3, -0.25) is 0 Å². The van der Waals surface area contributed by atoms with Gasteiger partial charge in [0.1, 0.15) is 0 Å². The third-order valence-electron chi connectivity index (χ3n) is 2.32. The van der Waals surface area contributed by atoms with E-state index >= 15 is 0 Å². The van der Waals surface area contributed by atoms with Gasteiger partial charge in [0.25, 0.3) is 0 Å². The third-order valence-corrected chi connectivity index (χ3v) is 2.65. The maximum absolute atomic E-state index is 6.06. The molecule has 0 atom stereocenters. The molecule has 72 valence electrons. The Kier molecular flexibility index (Phi) is 2.71. The average Bonchev–Trinajstić information content (AvgIpc) is 2.18. The van der Waals surface area contributed by atoms with Gasteiger partial charge in [0.2, 0.25) is 0 Å². The highest BCUT2D eigenvalue weighted by Gasteiger charge is 1.98. The Bertz CT molecular complexity index is 451. The van der Waals surface area contributed by atoms with Crippen molar-refractivity contribution in [1.29, 1.82) is 0 Å². The molecule has 2 aromatic rings. The van der Waals surface area contributed by atoms with Crippen LogP contribution >= 0.6 is 11.6 Å². The largest absolute Gasteiger partial charge is 0.330 e. The highest BCUT2D eigenvalue weighted by molar-refractivity contribution is 6.35. The van der Waals surface area contributed by atoms with E-state index < -0.39 is 0 Å². The fraction of sp³-hybridized carbons (Fsp3) is 0.167. The second-order valence-electron chi connectivity index (χ2n) is 3.33. The molecule has 0 saturated carbocycles. The number of benzene rings is 2. The van der Waals surface area contributed by atoms with E-state index in [1.165, 1.54) is 10.9 Å². The van der Waals surface area contributed by atoms with Crippen molar-refractivity contribution in [3.05, 3.63) is 47.0 Å². The summed E-state index contributed by atoms with van der Waals surface area (Å²) < 4.78 is 0. The summed E-state index contributed by atoms with van der Waals surface area (Å²) in [6, 6.07) is 12.2. The molecule has 0 heterocycles. The molecule has 0 fully saturated rings. The molecule has 1 nitrogen and oxygen atoms in total. The van der Waals surface area contributed by atoms with Gasteiger partial charge in [0, 0.05) is 10.4 Å². The molecule has 0 unspecified atom stereocenters. The first-order chi connectivity index (χ1) is 6.81. The maximum Gasteiger partial charge on any atom is 0.0484 e. The molecule has 0 aliphatic heterocycles. The van der Waals surface area contributed by atoms with Crippen LogP contribution < -0.4 is 5.73 Å². The third kappa shape index (κ3) is 1.74. The van der Waals surface area contributed by atoms with Gasteiger partial charge >= 0.3 is 0 Å². The minimum Gasteiger partial charge on any atom is -0.330 e. The van der Waals surface area contributed by atoms with Crippen molar-refractivity contribution in [2.24, 2.45) is 5.73 Å². The number of hydrogen-bond acceptors (Lipinski definition) is 1. The summed E-state index contributed by atoms with van der Waals surface area (Å²) in [4.78, 5) is 0. The van der Waals surface area contributed by atoms with Crippen LogP contribution in [0.3, 0.4) is 0 Å². The first-order valence-corrected chi connectivity index (χ1v) is 5.06. The zero-order valence-corrected chi connectivity index (χ0v) is 8.59. The zero-order valence-electron chi connectivity index (χ0n) is 7.83. The predicted molar refractivity (Wildman–Crippen MR) is 61.7 cm³/mol. The fourth-order valence-corrected chi connectivity index (χ4v) is 1.86. The van der Waals surface area contributed by atoms with Gasteiger partial charge in [-0.25, -0.2) is 0 Å². The lowest BCUT2D eigenvalue weighted by molar-refractivity contribution is 0.971. The minimum atomic E-state index is 0.687. The number of halogens is 1. The number of hydrogen-bond donors (Lipinski definition) is 1. The van der Waals surface area contributed by atoms with E-state index in [-0.39, 0.29) is 0 Å². The summed E-state index contributed by atoms with van der Waals surface area (Å²) in [7, 11) is 0. The fourth-order valence-electron chi connectivity index (χ4n) is 1.62. The van der Waals surface area contributed by atoms with Crippen LogP contribution in [-0.2, 0) is 6.42 Å². The molecule has 0 bridgehead atoms. The topological polar surface area (TPSA) is 26.0 Å². The quantitative estimate of drug-likeness (QED) is 0.802. The van der Waals surface area contributed by atoms with E-state index in [9.17, 15) is 0 Å². The number of rotatable bonds is 2. The molecular formula is C12H12ClN. The maximum atomic E-state index is 6.06. The highest BCUT2D eigenvalue weighted by Crippen LogP contribution is 2.24. The van der Waals surface area contributed by atoms with E-state index in [0.29, 0.717) is 6.54 Å². The number of fused-ring (bicyclic) bond motifs is 1. The monoisotopic (exact) mass is 205 g/mol. The minimum absolute atomic E-state index is 0.687. The molecule has 0 aliphatic rings. The first-order valence-electron chi connectivity index (χ1n) is 4.68. The first kappa shape index (κ1) is 9.50. The van der Waals surface area contributed by atoms with E-state index in [1.54, 1.807) is 0 Å². The van der Waals surface area contributed by atoms with Crippen molar-refractivity contribution in [3.8, 4) is 0 Å². The Hall–Kier alpha value is -1.05. The molecular weight excluding hydrogens is 194 g/mol. The van der Waals surface area contributed by atoms with Crippen LogP contribution in [0.5, 0.6) is 0 Å². The van der Waals surface area contributed by atoms with Crippen LogP contribution in [0.2, 0.25) is 5.02 Å². The average molecular weight is 206 g/mol. The van der Waals surface area contributed by atoms with Crippen LogP contribution in [0, 0.1) is 0 Å². The molecule has 14 heavy (non-hydrogen) atoms. The second kappa shape index (κ2) is 3.99. The van der Waals surface area contributed by atoms with Crippen molar-refractivity contribution in [3.63, 3.8) is 0 Å². The molecule has 2 rings (SSSR count). The molecule has 0 amide bonds. The van der Waals surface area contributed by atoms with Crippen LogP contribution in [0.4, 0.5) is 0 Å². The van der Waals surface area contributed by atoms with Gasteiger partial charge in [-0.05, 0) is 30.0 Å². The van der Waals surface area contributed by atoms with Crippen molar-refractivity contribution < 1.29 is 0 Å². The van der Waals surface area contributed by atoms with Crippen LogP contribution in [-0.4, -0.2) is 6.54 Å². The van der Waals surface area contributed by atoms with Gasteiger partial charge < -0.3 is 5.73 Å². The van der Waals surface area contributed by atoms with Gasteiger partial charge in [0.05, 0.1) is 0 Å². The predicted octanol–water partition coefficient (Wildman–Crippen LogP) is 2.99. The molecule has 0 aromatic heterocycles. The summed E-state index contributed by atoms with van der Waals surface area (Å²) >= 11 is 6.06. The molecule has 0 spiro atoms. The van der Waals surface area contributed by atoms with Crippen molar-refractivity contribution >= 4 is 22.4 Å². The van der Waals surface area contributed by atoms with Crippen molar-refractivity contribution in [2.75, 3.05) is 6.54 Å². The summed E-state index contributed by atoms with van der Waals surface area (Å²) in [6.45, 7) is 0.687. The van der Waals surface area contributed by atoms with Gasteiger partial charge in [-0.15, -0.1) is 0 Å². The van der Waals surface area contributed by atoms with Crippen molar-refractivity contribution in [1.82, 2.24) is 0 Å². The Labute approximate surface area is 88.5 Å². The Morgan fingerprint density at radius 3 is 2.79 bits per heavy atom.